The Kier molecular flexibility index (Phi) is 7.72. The quantitative estimate of drug-likeness (QED) is 0.399. The third kappa shape index (κ3) is 5.21. The normalized spacial score (nSPS) is 10.2. The molecule has 20 heavy (non-hydrogen) atoms. The summed E-state index contributed by atoms with van der Waals surface area (Å²) in [5.74, 6) is 0.981. The zero-order valence-corrected chi connectivity index (χ0v) is 12.8. The zero-order valence-electron chi connectivity index (χ0n) is 12.0. The highest BCUT2D eigenvalue weighted by molar-refractivity contribution is 7.99. The smallest absolute Gasteiger partial charge is 0.315 e. The van der Waals surface area contributed by atoms with Gasteiger partial charge in [-0.2, -0.15) is 4.68 Å². The van der Waals surface area contributed by atoms with Gasteiger partial charge in [-0.25, -0.2) is 9.78 Å². The van der Waals surface area contributed by atoms with Crippen LogP contribution in [0.1, 0.15) is 26.2 Å². The van der Waals surface area contributed by atoms with Crippen molar-refractivity contribution in [2.24, 2.45) is 0 Å². The average molecular weight is 294 g/mol. The lowest BCUT2D eigenvalue weighted by Gasteiger charge is -2.17. The van der Waals surface area contributed by atoms with Gasteiger partial charge in [0.15, 0.2) is 0 Å². The molecule has 5 nitrogen and oxygen atoms in total. The molecule has 0 aliphatic rings. The Morgan fingerprint density at radius 3 is 2.70 bits per heavy atom. The predicted octanol–water partition coefficient (Wildman–Crippen LogP) is 3.20. The van der Waals surface area contributed by atoms with Crippen molar-refractivity contribution in [2.75, 3.05) is 18.8 Å². The number of amides is 1. The van der Waals surface area contributed by atoms with Crippen LogP contribution in [0.5, 0.6) is 0 Å². The molecule has 1 rings (SSSR count). The van der Waals surface area contributed by atoms with E-state index in [0.717, 1.165) is 12.2 Å². The summed E-state index contributed by atoms with van der Waals surface area (Å²) in [5.41, 5.74) is 0. The molecule has 1 amide bonds. The number of rotatable bonds is 9. The van der Waals surface area contributed by atoms with Gasteiger partial charge in [-0.05, 0) is 6.42 Å². The van der Waals surface area contributed by atoms with Crippen LogP contribution in [0.4, 0.5) is 4.79 Å². The van der Waals surface area contributed by atoms with Gasteiger partial charge in [-0.15, -0.1) is 18.3 Å². The first-order valence-electron chi connectivity index (χ1n) is 6.78. The monoisotopic (exact) mass is 294 g/mol. The lowest BCUT2D eigenvalue weighted by atomic mass is 10.3. The summed E-state index contributed by atoms with van der Waals surface area (Å²) in [6.45, 7) is 10.4. The van der Waals surface area contributed by atoms with Crippen molar-refractivity contribution >= 4 is 17.8 Å². The van der Waals surface area contributed by atoms with Crippen molar-refractivity contribution in [3.8, 4) is 0 Å². The first kappa shape index (κ1) is 16.5. The molecule has 0 N–H and O–H groups in total. The molecule has 0 radical (unpaired) electrons. The minimum Gasteiger partial charge on any atom is -0.315 e. The molecule has 1 aromatic rings. The van der Waals surface area contributed by atoms with Crippen LogP contribution in [0.15, 0.2) is 36.8 Å². The summed E-state index contributed by atoms with van der Waals surface area (Å²) in [6, 6.07) is -0.210. The Labute approximate surface area is 124 Å². The van der Waals surface area contributed by atoms with Crippen LogP contribution in [-0.4, -0.2) is 44.5 Å². The lowest BCUT2D eigenvalue weighted by Crippen LogP contribution is -2.35. The molecule has 0 aromatic carbocycles. The van der Waals surface area contributed by atoms with E-state index in [0.29, 0.717) is 18.2 Å². The number of nitrogens with zero attached hydrogens (tertiary/aromatic N) is 4. The van der Waals surface area contributed by atoms with E-state index < -0.39 is 0 Å². The first-order valence-corrected chi connectivity index (χ1v) is 7.77. The van der Waals surface area contributed by atoms with Crippen molar-refractivity contribution < 1.29 is 4.79 Å². The molecule has 0 bridgehead atoms. The highest BCUT2D eigenvalue weighted by atomic mass is 32.2. The molecule has 0 spiro atoms. The van der Waals surface area contributed by atoms with E-state index >= 15 is 0 Å². The van der Waals surface area contributed by atoms with Crippen LogP contribution >= 0.6 is 11.8 Å². The number of hydrogen-bond donors (Lipinski definition) is 0. The summed E-state index contributed by atoms with van der Waals surface area (Å²) in [7, 11) is 0. The Hall–Kier alpha value is -1.56. The van der Waals surface area contributed by atoms with Crippen molar-refractivity contribution in [3.63, 3.8) is 0 Å². The van der Waals surface area contributed by atoms with Gasteiger partial charge in [0.1, 0.15) is 6.33 Å². The van der Waals surface area contributed by atoms with Gasteiger partial charge >= 0.3 is 6.03 Å². The molecular weight excluding hydrogens is 272 g/mol. The molecule has 0 aliphatic heterocycles. The van der Waals surface area contributed by atoms with Crippen molar-refractivity contribution in [3.05, 3.63) is 31.6 Å². The maximum atomic E-state index is 12.2. The summed E-state index contributed by atoms with van der Waals surface area (Å²) in [4.78, 5) is 17.9. The second-order valence-corrected chi connectivity index (χ2v) is 5.35. The molecule has 1 aromatic heterocycles. The Morgan fingerprint density at radius 1 is 1.40 bits per heavy atom. The number of carbonyl (C=O) groups is 1. The van der Waals surface area contributed by atoms with Crippen LogP contribution in [-0.2, 0) is 0 Å². The SMILES string of the molecule is C=CCN(CC=C)C(=O)n1cnc(SCCCCC)n1. The van der Waals surface area contributed by atoms with Gasteiger partial charge in [-0.1, -0.05) is 43.7 Å². The molecule has 1 heterocycles. The van der Waals surface area contributed by atoms with Crippen LogP contribution in [0.25, 0.3) is 0 Å². The highest BCUT2D eigenvalue weighted by Gasteiger charge is 2.15. The third-order valence-corrected chi connectivity index (χ3v) is 3.55. The molecule has 0 atom stereocenters. The standard InChI is InChI=1S/C14H22N4OS/c1-4-7-8-11-20-13-15-12-18(16-13)14(19)17(9-5-2)10-6-3/h5-6,12H,2-4,7-11H2,1H3. The highest BCUT2D eigenvalue weighted by Crippen LogP contribution is 2.14. The third-order valence-electron chi connectivity index (χ3n) is 2.62. The predicted molar refractivity (Wildman–Crippen MR) is 83.0 cm³/mol. The number of carbonyl (C=O) groups excluding carboxylic acids is 1. The molecule has 0 fully saturated rings. The first-order chi connectivity index (χ1) is 9.72. The molecule has 0 unspecified atom stereocenters. The fourth-order valence-corrected chi connectivity index (χ4v) is 2.41. The van der Waals surface area contributed by atoms with E-state index in [9.17, 15) is 4.79 Å². The number of unbranched alkanes of at least 4 members (excludes halogenated alkanes) is 2. The number of aromatic nitrogens is 3. The molecule has 0 aliphatic carbocycles. The zero-order chi connectivity index (χ0) is 14.8. The topological polar surface area (TPSA) is 51.0 Å². The molecule has 110 valence electrons. The molecule has 6 heteroatoms. The second kappa shape index (κ2) is 9.36. The Balaban J connectivity index is 2.57. The lowest BCUT2D eigenvalue weighted by molar-refractivity contribution is 0.206. The second-order valence-electron chi connectivity index (χ2n) is 4.29. The molecule has 0 saturated heterocycles. The van der Waals surface area contributed by atoms with Gasteiger partial charge in [0.2, 0.25) is 5.16 Å². The maximum Gasteiger partial charge on any atom is 0.346 e. The minimum atomic E-state index is -0.210. The Morgan fingerprint density at radius 2 is 2.10 bits per heavy atom. The van der Waals surface area contributed by atoms with Crippen molar-refractivity contribution in [2.45, 2.75) is 31.3 Å². The van der Waals surface area contributed by atoms with E-state index in [2.05, 4.69) is 30.2 Å². The molecular formula is C14H22N4OS. The van der Waals surface area contributed by atoms with Crippen molar-refractivity contribution in [1.29, 1.82) is 0 Å². The number of thioether (sulfide) groups is 1. The minimum absolute atomic E-state index is 0.210. The van der Waals surface area contributed by atoms with Gasteiger partial charge in [0.25, 0.3) is 0 Å². The molecule has 0 saturated carbocycles. The van der Waals surface area contributed by atoms with E-state index in [1.54, 1.807) is 28.8 Å². The Bertz CT molecular complexity index is 434. The van der Waals surface area contributed by atoms with Gasteiger partial charge in [0.05, 0.1) is 0 Å². The summed E-state index contributed by atoms with van der Waals surface area (Å²) in [5, 5.41) is 4.85. The maximum absolute atomic E-state index is 12.2. The van der Waals surface area contributed by atoms with Crippen LogP contribution < -0.4 is 0 Å². The van der Waals surface area contributed by atoms with Gasteiger partial charge < -0.3 is 4.90 Å². The van der Waals surface area contributed by atoms with Crippen LogP contribution in [0.2, 0.25) is 0 Å². The fraction of sp³-hybridized carbons (Fsp3) is 0.500. The van der Waals surface area contributed by atoms with E-state index in [1.165, 1.54) is 23.9 Å². The summed E-state index contributed by atoms with van der Waals surface area (Å²) < 4.78 is 1.27. The van der Waals surface area contributed by atoms with Gasteiger partial charge in [0, 0.05) is 18.8 Å². The van der Waals surface area contributed by atoms with E-state index in [-0.39, 0.29) is 6.03 Å². The largest absolute Gasteiger partial charge is 0.346 e. The summed E-state index contributed by atoms with van der Waals surface area (Å²) >= 11 is 1.58. The van der Waals surface area contributed by atoms with Gasteiger partial charge in [-0.3, -0.25) is 0 Å². The van der Waals surface area contributed by atoms with Crippen LogP contribution in [0.3, 0.4) is 0 Å². The van der Waals surface area contributed by atoms with Crippen LogP contribution in [0, 0.1) is 0 Å². The van der Waals surface area contributed by atoms with Crippen molar-refractivity contribution in [1.82, 2.24) is 19.7 Å². The fourth-order valence-electron chi connectivity index (χ4n) is 1.61. The van der Waals surface area contributed by atoms with E-state index in [4.69, 9.17) is 0 Å². The average Bonchev–Trinajstić information content (AvgIpc) is 2.91. The summed E-state index contributed by atoms with van der Waals surface area (Å²) in [6.07, 6.45) is 8.36. The van der Waals surface area contributed by atoms with E-state index in [1.807, 2.05) is 0 Å². The number of hydrogen-bond acceptors (Lipinski definition) is 4.